The van der Waals surface area contributed by atoms with Gasteiger partial charge >= 0.3 is 5.97 Å². The smallest absolute Gasteiger partial charge is 0.312 e. The van der Waals surface area contributed by atoms with Gasteiger partial charge in [-0.1, -0.05) is 48.9 Å². The molecule has 3 heteroatoms. The molecule has 1 N–H and O–H groups in total. The van der Waals surface area contributed by atoms with Crippen LogP contribution in [0.15, 0.2) is 54.6 Å². The predicted octanol–water partition coefficient (Wildman–Crippen LogP) is 5.36. The summed E-state index contributed by atoms with van der Waals surface area (Å²) in [5.74, 6) is 1.39. The molecule has 3 saturated carbocycles. The van der Waals surface area contributed by atoms with Crippen LogP contribution in [-0.4, -0.2) is 11.1 Å². The molecule has 0 spiro atoms. The molecule has 2 aromatic rings. The van der Waals surface area contributed by atoms with Crippen molar-refractivity contribution in [2.24, 2.45) is 17.3 Å². The first kappa shape index (κ1) is 17.8. The molecular formula is C25H28O3. The van der Waals surface area contributed by atoms with Crippen molar-refractivity contribution in [1.82, 2.24) is 0 Å². The molecule has 4 unspecified atom stereocenters. The quantitative estimate of drug-likeness (QED) is 0.730. The highest BCUT2D eigenvalue weighted by atomic mass is 16.5. The summed E-state index contributed by atoms with van der Waals surface area (Å²) in [5, 5.41) is 9.73. The third kappa shape index (κ3) is 2.83. The number of phenolic OH excluding ortho intramolecular Hbond substituents is 1. The Kier molecular flexibility index (Phi) is 4.22. The Bertz CT molecular complexity index is 859. The second-order valence-corrected chi connectivity index (χ2v) is 9.31. The number of aromatic hydroxyl groups is 1. The fourth-order valence-electron chi connectivity index (χ4n) is 6.55. The summed E-state index contributed by atoms with van der Waals surface area (Å²) >= 11 is 0. The van der Waals surface area contributed by atoms with Gasteiger partial charge in [-0.05, 0) is 79.0 Å². The molecule has 3 aliphatic rings. The average molecular weight is 376 g/mol. The molecule has 0 saturated heterocycles. The maximum atomic E-state index is 13.5. The highest BCUT2D eigenvalue weighted by Gasteiger charge is 2.61. The van der Waals surface area contributed by atoms with Crippen LogP contribution in [-0.2, 0) is 21.6 Å². The van der Waals surface area contributed by atoms with E-state index in [2.05, 4.69) is 12.1 Å². The van der Waals surface area contributed by atoms with Crippen LogP contribution in [0.25, 0.3) is 0 Å². The number of hydrogen-bond acceptors (Lipinski definition) is 3. The lowest BCUT2D eigenvalue weighted by molar-refractivity contribution is -0.178. The second-order valence-electron chi connectivity index (χ2n) is 9.31. The topological polar surface area (TPSA) is 46.5 Å². The summed E-state index contributed by atoms with van der Waals surface area (Å²) in [7, 11) is 0. The summed E-state index contributed by atoms with van der Waals surface area (Å²) in [4.78, 5) is 13.5. The standard InChI is InChI=1S/C25H28O3/c26-22-10-8-20(9-11-22)24-13-12-21-7-6-19(14-24)15-25(21,17-24)23(27)28-16-18-4-2-1-3-5-18/h1-5,8-11,19,21,26H,6-7,12-17H2. The molecule has 28 heavy (non-hydrogen) atoms. The molecule has 3 aliphatic carbocycles. The Morgan fingerprint density at radius 3 is 2.57 bits per heavy atom. The number of benzene rings is 2. The summed E-state index contributed by atoms with van der Waals surface area (Å²) in [6, 6.07) is 17.7. The molecule has 0 aliphatic heterocycles. The van der Waals surface area contributed by atoms with Gasteiger partial charge in [0.1, 0.15) is 12.4 Å². The number of esters is 1. The number of carbonyl (C=O) groups excluding carboxylic acids is 1. The van der Waals surface area contributed by atoms with Gasteiger partial charge in [-0.25, -0.2) is 0 Å². The molecule has 3 bridgehead atoms. The number of hydrogen-bond donors (Lipinski definition) is 1. The monoisotopic (exact) mass is 376 g/mol. The minimum Gasteiger partial charge on any atom is -0.508 e. The molecule has 0 aromatic heterocycles. The van der Waals surface area contributed by atoms with Gasteiger partial charge in [-0.2, -0.15) is 0 Å². The zero-order chi connectivity index (χ0) is 19.2. The van der Waals surface area contributed by atoms with Crippen molar-refractivity contribution < 1.29 is 14.6 Å². The molecule has 0 radical (unpaired) electrons. The molecule has 2 aromatic carbocycles. The Morgan fingerprint density at radius 2 is 1.79 bits per heavy atom. The predicted molar refractivity (Wildman–Crippen MR) is 108 cm³/mol. The number of rotatable bonds is 4. The van der Waals surface area contributed by atoms with Gasteiger partial charge < -0.3 is 9.84 Å². The van der Waals surface area contributed by atoms with Gasteiger partial charge in [0.15, 0.2) is 0 Å². The first-order chi connectivity index (χ1) is 13.6. The van der Waals surface area contributed by atoms with Crippen LogP contribution >= 0.6 is 0 Å². The van der Waals surface area contributed by atoms with Crippen LogP contribution in [0.4, 0.5) is 0 Å². The van der Waals surface area contributed by atoms with Crippen molar-refractivity contribution in [3.8, 4) is 5.75 Å². The van der Waals surface area contributed by atoms with E-state index >= 15 is 0 Å². The highest BCUT2D eigenvalue weighted by molar-refractivity contribution is 5.78. The number of ether oxygens (including phenoxy) is 1. The van der Waals surface area contributed by atoms with Gasteiger partial charge in [0, 0.05) is 0 Å². The Balaban J connectivity index is 1.44. The fourth-order valence-corrected chi connectivity index (χ4v) is 6.55. The summed E-state index contributed by atoms with van der Waals surface area (Å²) in [6.07, 6.45) is 7.71. The normalized spacial score (nSPS) is 33.4. The molecule has 4 atom stereocenters. The molecule has 5 rings (SSSR count). The lowest BCUT2D eigenvalue weighted by atomic mass is 9.43. The number of phenols is 1. The lowest BCUT2D eigenvalue weighted by Gasteiger charge is -2.60. The zero-order valence-corrected chi connectivity index (χ0v) is 16.3. The third-order valence-electron chi connectivity index (χ3n) is 7.76. The summed E-state index contributed by atoms with van der Waals surface area (Å²) < 4.78 is 5.92. The van der Waals surface area contributed by atoms with Crippen LogP contribution < -0.4 is 0 Å². The van der Waals surface area contributed by atoms with Crippen LogP contribution in [0.1, 0.15) is 56.1 Å². The average Bonchev–Trinajstić information content (AvgIpc) is 2.71. The van der Waals surface area contributed by atoms with Crippen molar-refractivity contribution in [1.29, 1.82) is 0 Å². The molecule has 0 amide bonds. The largest absolute Gasteiger partial charge is 0.508 e. The maximum absolute atomic E-state index is 13.5. The van der Waals surface area contributed by atoms with E-state index < -0.39 is 0 Å². The first-order valence-electron chi connectivity index (χ1n) is 10.6. The number of fused-ring (bicyclic) bond motifs is 2. The van der Waals surface area contributed by atoms with Gasteiger partial charge in [0.25, 0.3) is 0 Å². The fraction of sp³-hybridized carbons (Fsp3) is 0.480. The van der Waals surface area contributed by atoms with Crippen molar-refractivity contribution in [2.45, 2.75) is 57.0 Å². The Labute approximate surface area is 166 Å². The first-order valence-corrected chi connectivity index (χ1v) is 10.6. The highest BCUT2D eigenvalue weighted by Crippen LogP contribution is 2.65. The van der Waals surface area contributed by atoms with E-state index in [-0.39, 0.29) is 16.8 Å². The second kappa shape index (κ2) is 6.65. The van der Waals surface area contributed by atoms with Crippen LogP contribution in [0.3, 0.4) is 0 Å². The van der Waals surface area contributed by atoms with E-state index in [0.29, 0.717) is 24.2 Å². The van der Waals surface area contributed by atoms with Crippen LogP contribution in [0, 0.1) is 17.3 Å². The Morgan fingerprint density at radius 1 is 1.00 bits per heavy atom. The molecular weight excluding hydrogens is 348 g/mol. The van der Waals surface area contributed by atoms with E-state index in [1.807, 2.05) is 30.3 Å². The summed E-state index contributed by atoms with van der Waals surface area (Å²) in [5.41, 5.74) is 2.06. The van der Waals surface area contributed by atoms with Gasteiger partial charge in [0.2, 0.25) is 0 Å². The summed E-state index contributed by atoms with van der Waals surface area (Å²) in [6.45, 7) is 0.366. The van der Waals surface area contributed by atoms with E-state index in [1.165, 1.54) is 12.0 Å². The number of carbonyl (C=O) groups is 1. The van der Waals surface area contributed by atoms with Crippen molar-refractivity contribution in [2.75, 3.05) is 0 Å². The van der Waals surface area contributed by atoms with E-state index in [9.17, 15) is 9.90 Å². The maximum Gasteiger partial charge on any atom is 0.312 e. The van der Waals surface area contributed by atoms with Gasteiger partial charge in [-0.15, -0.1) is 0 Å². The van der Waals surface area contributed by atoms with E-state index in [4.69, 9.17) is 4.74 Å². The van der Waals surface area contributed by atoms with Crippen LogP contribution in [0.2, 0.25) is 0 Å². The van der Waals surface area contributed by atoms with Gasteiger partial charge in [0.05, 0.1) is 5.41 Å². The molecule has 146 valence electrons. The van der Waals surface area contributed by atoms with Crippen molar-refractivity contribution in [3.63, 3.8) is 0 Å². The van der Waals surface area contributed by atoms with Crippen LogP contribution in [0.5, 0.6) is 5.75 Å². The molecule has 3 nitrogen and oxygen atoms in total. The van der Waals surface area contributed by atoms with Crippen molar-refractivity contribution in [3.05, 3.63) is 65.7 Å². The molecule has 0 heterocycles. The third-order valence-corrected chi connectivity index (χ3v) is 7.76. The minimum absolute atomic E-state index is 0.0219. The molecule has 3 fully saturated rings. The lowest BCUT2D eigenvalue weighted by Crippen LogP contribution is -2.57. The van der Waals surface area contributed by atoms with Gasteiger partial charge in [-0.3, -0.25) is 4.79 Å². The van der Waals surface area contributed by atoms with E-state index in [1.54, 1.807) is 12.1 Å². The Hall–Kier alpha value is -2.29. The van der Waals surface area contributed by atoms with E-state index in [0.717, 1.165) is 44.1 Å². The SMILES string of the molecule is O=C(OCc1ccccc1)C12CC3CCC1CCC(c1ccc(O)cc1)(C3)C2. The minimum atomic E-state index is -0.327. The van der Waals surface area contributed by atoms with Crippen molar-refractivity contribution >= 4 is 5.97 Å². The zero-order valence-electron chi connectivity index (χ0n) is 16.3.